The van der Waals surface area contributed by atoms with Crippen molar-refractivity contribution in [2.75, 3.05) is 0 Å². The van der Waals surface area contributed by atoms with Gasteiger partial charge in [0.1, 0.15) is 0 Å². The van der Waals surface area contributed by atoms with Crippen molar-refractivity contribution in [3.8, 4) is 0 Å². The average Bonchev–Trinajstić information content (AvgIpc) is 2.92. The van der Waals surface area contributed by atoms with Gasteiger partial charge in [-0.05, 0) is 0 Å². The average molecular weight is 439 g/mol. The van der Waals surface area contributed by atoms with E-state index in [0.717, 1.165) is 0 Å². The van der Waals surface area contributed by atoms with Crippen molar-refractivity contribution in [2.24, 2.45) is 11.8 Å². The summed E-state index contributed by atoms with van der Waals surface area (Å²) in [5.74, 6) is 1.40. The summed E-state index contributed by atoms with van der Waals surface area (Å²) in [7, 11) is 0. The van der Waals surface area contributed by atoms with Gasteiger partial charge in [0.15, 0.2) is 0 Å². The summed E-state index contributed by atoms with van der Waals surface area (Å²) < 4.78 is 9.04. The van der Waals surface area contributed by atoms with Crippen molar-refractivity contribution in [2.45, 2.75) is 49.8 Å². The van der Waals surface area contributed by atoms with Crippen LogP contribution in [0.5, 0.6) is 0 Å². The summed E-state index contributed by atoms with van der Waals surface area (Å²) in [6.45, 7) is 11.8. The van der Waals surface area contributed by atoms with Crippen LogP contribution < -0.4 is 0 Å². The molecule has 0 saturated heterocycles. The van der Waals surface area contributed by atoms with E-state index in [1.54, 1.807) is 11.1 Å². The Morgan fingerprint density at radius 2 is 1.18 bits per heavy atom. The smallest absolute Gasteiger partial charge is 0.147 e. The largest absolute Gasteiger partial charge is 0.147 e. The maximum atomic E-state index is 2.67. The van der Waals surface area contributed by atoms with E-state index in [-0.39, 0.29) is 24.8 Å². The van der Waals surface area contributed by atoms with E-state index in [1.807, 2.05) is 6.56 Å². The van der Waals surface area contributed by atoms with Gasteiger partial charge in [-0.25, -0.2) is 0 Å². The quantitative estimate of drug-likeness (QED) is 0.479. The van der Waals surface area contributed by atoms with Crippen LogP contribution in [0.25, 0.3) is 0 Å². The van der Waals surface area contributed by atoms with Crippen molar-refractivity contribution >= 4 is 31.7 Å². The molecule has 0 N–H and O–H groups in total. The molecule has 0 aliphatic heterocycles. The van der Waals surface area contributed by atoms with E-state index in [4.69, 9.17) is 0 Å². The summed E-state index contributed by atoms with van der Waals surface area (Å²) in [5, 5.41) is 0. The molecule has 2 rings (SSSR count). The standard InChI is InChI=1S/2C8H11.2CH3.2ClH.H2Si.Zr/c2*1-3-8-5-4-7(2)6-8;;;;;;/h2*4-5,8H,3H2,1-2H3;2*1H3;2*1H;1H2;. The van der Waals surface area contributed by atoms with E-state index in [2.05, 4.69) is 68.1 Å². The first-order valence-electron chi connectivity index (χ1n) is 8.07. The fourth-order valence-corrected chi connectivity index (χ4v) is 25.8. The number of hydrogen-bond acceptors (Lipinski definition) is 0. The second-order valence-electron chi connectivity index (χ2n) is 7.63. The second-order valence-corrected chi connectivity index (χ2v) is 36.0. The van der Waals surface area contributed by atoms with Crippen LogP contribution in [0, 0.1) is 11.8 Å². The van der Waals surface area contributed by atoms with Crippen LogP contribution in [-0.4, -0.2) is 6.88 Å². The molecule has 0 aromatic carbocycles. The molecule has 0 fully saturated rings. The molecular weight excluding hydrogens is 406 g/mol. The van der Waals surface area contributed by atoms with E-state index in [1.165, 1.54) is 12.8 Å². The maximum absolute atomic E-state index is 3.00. The predicted molar refractivity (Wildman–Crippen MR) is 106 cm³/mol. The molecule has 0 spiro atoms. The maximum Gasteiger partial charge on any atom is -0.147 e. The van der Waals surface area contributed by atoms with Crippen LogP contribution in [0.15, 0.2) is 42.0 Å². The summed E-state index contributed by atoms with van der Waals surface area (Å²) in [4.78, 5) is 0. The Morgan fingerprint density at radius 3 is 1.45 bits per heavy atom. The first-order chi connectivity index (χ1) is 9.21. The van der Waals surface area contributed by atoms with Gasteiger partial charge in [0.05, 0.1) is 0 Å². The zero-order chi connectivity index (χ0) is 15.2. The van der Waals surface area contributed by atoms with Crippen LogP contribution in [0.4, 0.5) is 0 Å². The predicted octanol–water partition coefficient (Wildman–Crippen LogP) is 5.90. The summed E-state index contributed by atoms with van der Waals surface area (Å²) >= 11 is -3.00. The van der Waals surface area contributed by atoms with Gasteiger partial charge in [-0.3, -0.25) is 0 Å². The zero-order valence-corrected chi connectivity index (χ0v) is 20.4. The van der Waals surface area contributed by atoms with Crippen LogP contribution in [0.1, 0.15) is 40.5 Å². The first-order valence-corrected chi connectivity index (χ1v) is 21.4. The second kappa shape index (κ2) is 7.68. The Bertz CT molecular complexity index is 569. The summed E-state index contributed by atoms with van der Waals surface area (Å²) in [6.07, 6.45) is 12.2. The molecule has 2 atom stereocenters. The Kier molecular flexibility index (Phi) is 7.91. The molecule has 2 unspecified atom stereocenters. The van der Waals surface area contributed by atoms with Gasteiger partial charge >= 0.3 is 128 Å². The molecule has 4 heteroatoms. The third-order valence-corrected chi connectivity index (χ3v) is 22.1. The molecule has 0 radical (unpaired) electrons. The number of rotatable bonds is 4. The van der Waals surface area contributed by atoms with Gasteiger partial charge in [0.2, 0.25) is 0 Å². The van der Waals surface area contributed by atoms with Crippen LogP contribution in [-0.2, 0) is 17.4 Å². The van der Waals surface area contributed by atoms with Crippen LogP contribution >= 0.6 is 24.8 Å². The fraction of sp³-hybridized carbons (Fsp3) is 0.556. The molecule has 2 aliphatic carbocycles. The fourth-order valence-electron chi connectivity index (χ4n) is 4.76. The van der Waals surface area contributed by atoms with Crippen molar-refractivity contribution in [1.82, 2.24) is 0 Å². The van der Waals surface area contributed by atoms with Gasteiger partial charge in [0, 0.05) is 0 Å². The Labute approximate surface area is 151 Å². The van der Waals surface area contributed by atoms with Gasteiger partial charge in [0.25, 0.3) is 0 Å². The molecule has 2 aliphatic rings. The van der Waals surface area contributed by atoms with Gasteiger partial charge in [-0.1, -0.05) is 0 Å². The first kappa shape index (κ1) is 22.6. The molecule has 0 aromatic heterocycles. The molecule has 22 heavy (non-hydrogen) atoms. The molecule has 0 amide bonds. The number of halogens is 2. The Hall–Kier alpha value is 0.640. The van der Waals surface area contributed by atoms with Crippen molar-refractivity contribution < 1.29 is 17.4 Å². The van der Waals surface area contributed by atoms with Crippen LogP contribution in [0.2, 0.25) is 9.26 Å². The minimum atomic E-state index is -3.00. The molecule has 126 valence electrons. The Balaban J connectivity index is 0.00000220. The number of hydrogen-bond donors (Lipinski definition) is 0. The molecule has 0 bridgehead atoms. The van der Waals surface area contributed by atoms with Crippen molar-refractivity contribution in [1.29, 1.82) is 0 Å². The van der Waals surface area contributed by atoms with Crippen molar-refractivity contribution in [3.63, 3.8) is 0 Å². The molecule has 0 aromatic rings. The molecule has 0 nitrogen and oxygen atoms in total. The number of allylic oxidation sites excluding steroid dienone is 8. The van der Waals surface area contributed by atoms with E-state index in [0.29, 0.717) is 11.8 Å². The molecular formula is C18H32Cl2SiZr. The normalized spacial score (nSPS) is 24.7. The Morgan fingerprint density at radius 1 is 0.864 bits per heavy atom. The minimum Gasteiger partial charge on any atom is -0.147 e. The van der Waals surface area contributed by atoms with Gasteiger partial charge in [-0.2, -0.15) is 0 Å². The summed E-state index contributed by atoms with van der Waals surface area (Å²) in [5.41, 5.74) is 3.15. The topological polar surface area (TPSA) is 0 Å². The van der Waals surface area contributed by atoms with E-state index >= 15 is 0 Å². The van der Waals surface area contributed by atoms with Gasteiger partial charge in [-0.15, -0.1) is 24.8 Å². The van der Waals surface area contributed by atoms with E-state index in [9.17, 15) is 0 Å². The van der Waals surface area contributed by atoms with Gasteiger partial charge < -0.3 is 0 Å². The molecule has 0 heterocycles. The van der Waals surface area contributed by atoms with E-state index < -0.39 is 17.4 Å². The minimum absolute atomic E-state index is 0. The molecule has 0 saturated carbocycles. The third-order valence-electron chi connectivity index (χ3n) is 5.36. The van der Waals surface area contributed by atoms with Crippen molar-refractivity contribution in [3.05, 3.63) is 42.0 Å². The van der Waals surface area contributed by atoms with Crippen LogP contribution in [0.3, 0.4) is 0 Å². The zero-order valence-electron chi connectivity index (χ0n) is 14.9. The SMILES string of the molecule is CCC1C=CC(C)=[C]1[Zr]([CH3])([CH3])(=[SiH2])[C]1=C(C)C=CC1CC.Cl.Cl. The third kappa shape index (κ3) is 3.66. The monoisotopic (exact) mass is 436 g/mol. The summed E-state index contributed by atoms with van der Waals surface area (Å²) in [6, 6.07) is 0.